The smallest absolute Gasteiger partial charge is 0.416 e. The predicted molar refractivity (Wildman–Crippen MR) is 94.0 cm³/mol. The van der Waals surface area contributed by atoms with Gasteiger partial charge in [-0.05, 0) is 35.9 Å². The molecule has 0 amide bonds. The quantitative estimate of drug-likeness (QED) is 0.597. The Labute approximate surface area is 153 Å². The second-order valence-electron chi connectivity index (χ2n) is 5.58. The highest BCUT2D eigenvalue weighted by molar-refractivity contribution is 7.98. The van der Waals surface area contributed by atoms with Gasteiger partial charge >= 0.3 is 6.18 Å². The number of halogens is 3. The highest BCUT2D eigenvalue weighted by atomic mass is 32.2. The van der Waals surface area contributed by atoms with Crippen molar-refractivity contribution in [1.82, 2.24) is 14.8 Å². The van der Waals surface area contributed by atoms with Crippen molar-refractivity contribution in [2.45, 2.75) is 17.1 Å². The zero-order chi connectivity index (χ0) is 18.7. The molecule has 0 aliphatic carbocycles. The maximum absolute atomic E-state index is 12.8. The molecular weight excluding hydrogens is 363 g/mol. The second-order valence-corrected chi connectivity index (χ2v) is 6.52. The highest BCUT2D eigenvalue weighted by Gasteiger charge is 2.30. The minimum Gasteiger partial charge on any atom is -0.497 e. The van der Waals surface area contributed by atoms with Crippen molar-refractivity contribution in [2.24, 2.45) is 7.05 Å². The van der Waals surface area contributed by atoms with Crippen LogP contribution in [0.5, 0.6) is 5.75 Å². The van der Waals surface area contributed by atoms with Gasteiger partial charge in [0.25, 0.3) is 0 Å². The summed E-state index contributed by atoms with van der Waals surface area (Å²) < 4.78 is 45.3. The predicted octanol–water partition coefficient (Wildman–Crippen LogP) is 4.80. The van der Waals surface area contributed by atoms with E-state index in [0.717, 1.165) is 23.4 Å². The Morgan fingerprint density at radius 2 is 1.81 bits per heavy atom. The fourth-order valence-corrected chi connectivity index (χ4v) is 3.27. The molecule has 0 fully saturated rings. The Kier molecular flexibility index (Phi) is 5.22. The number of hydrogen-bond donors (Lipinski definition) is 0. The van der Waals surface area contributed by atoms with Gasteiger partial charge < -0.3 is 9.30 Å². The molecule has 0 saturated carbocycles. The second kappa shape index (κ2) is 7.41. The molecule has 0 saturated heterocycles. The van der Waals surface area contributed by atoms with E-state index in [9.17, 15) is 13.2 Å². The summed E-state index contributed by atoms with van der Waals surface area (Å²) in [6, 6.07) is 12.7. The van der Waals surface area contributed by atoms with Gasteiger partial charge in [0.2, 0.25) is 0 Å². The van der Waals surface area contributed by atoms with E-state index in [1.807, 2.05) is 35.9 Å². The molecule has 3 aromatic rings. The summed E-state index contributed by atoms with van der Waals surface area (Å²) in [5, 5.41) is 8.96. The van der Waals surface area contributed by atoms with Gasteiger partial charge in [-0.15, -0.1) is 10.2 Å². The van der Waals surface area contributed by atoms with Gasteiger partial charge in [0.1, 0.15) is 5.75 Å². The summed E-state index contributed by atoms with van der Waals surface area (Å²) in [5.41, 5.74) is 0.818. The van der Waals surface area contributed by atoms with Gasteiger partial charge in [-0.1, -0.05) is 30.0 Å². The number of alkyl halides is 3. The first kappa shape index (κ1) is 18.3. The topological polar surface area (TPSA) is 39.9 Å². The molecule has 0 spiro atoms. The molecule has 2 aromatic carbocycles. The number of aromatic nitrogens is 3. The third-order valence-electron chi connectivity index (χ3n) is 3.81. The number of thioether (sulfide) groups is 1. The standard InChI is InChI=1S/C18H16F3N3OS/c1-24-16(13-6-8-15(25-2)9-7-13)22-23-17(24)26-11-12-4-3-5-14(10-12)18(19,20)21/h3-10H,11H2,1-2H3. The SMILES string of the molecule is COc1ccc(-c2nnc(SCc3cccc(C(F)(F)F)c3)n2C)cc1. The summed E-state index contributed by atoms with van der Waals surface area (Å²) >= 11 is 1.34. The molecule has 0 N–H and O–H groups in total. The molecular formula is C18H16F3N3OS. The first-order valence-corrected chi connectivity index (χ1v) is 8.70. The third-order valence-corrected chi connectivity index (χ3v) is 4.90. The van der Waals surface area contributed by atoms with Gasteiger partial charge in [-0.3, -0.25) is 0 Å². The van der Waals surface area contributed by atoms with E-state index < -0.39 is 11.7 Å². The Bertz CT molecular complexity index is 891. The monoisotopic (exact) mass is 379 g/mol. The van der Waals surface area contributed by atoms with Crippen molar-refractivity contribution in [3.8, 4) is 17.1 Å². The number of rotatable bonds is 5. The van der Waals surface area contributed by atoms with Crippen LogP contribution in [0.4, 0.5) is 13.2 Å². The third kappa shape index (κ3) is 4.01. The molecule has 0 unspecified atom stereocenters. The van der Waals surface area contributed by atoms with Crippen LogP contribution in [0, 0.1) is 0 Å². The molecule has 4 nitrogen and oxygen atoms in total. The summed E-state index contributed by atoms with van der Waals surface area (Å²) in [6.07, 6.45) is -4.34. The zero-order valence-corrected chi connectivity index (χ0v) is 14.9. The van der Waals surface area contributed by atoms with E-state index in [1.165, 1.54) is 17.8 Å². The molecule has 0 radical (unpaired) electrons. The van der Waals surface area contributed by atoms with E-state index in [0.29, 0.717) is 22.3 Å². The molecule has 1 aromatic heterocycles. The van der Waals surface area contributed by atoms with Crippen LogP contribution < -0.4 is 4.74 Å². The molecule has 8 heteroatoms. The fourth-order valence-electron chi connectivity index (χ4n) is 2.42. The van der Waals surface area contributed by atoms with Crippen molar-refractivity contribution in [3.05, 3.63) is 59.7 Å². The van der Waals surface area contributed by atoms with Crippen molar-refractivity contribution >= 4 is 11.8 Å². The van der Waals surface area contributed by atoms with Crippen LogP contribution in [0.1, 0.15) is 11.1 Å². The van der Waals surface area contributed by atoms with Crippen molar-refractivity contribution < 1.29 is 17.9 Å². The van der Waals surface area contributed by atoms with Crippen molar-refractivity contribution in [1.29, 1.82) is 0 Å². The molecule has 1 heterocycles. The number of ether oxygens (including phenoxy) is 1. The summed E-state index contributed by atoms with van der Waals surface area (Å²) in [4.78, 5) is 0. The molecule has 0 aliphatic heterocycles. The van der Waals surface area contributed by atoms with Crippen molar-refractivity contribution in [2.75, 3.05) is 7.11 Å². The summed E-state index contributed by atoms with van der Waals surface area (Å²) in [6.45, 7) is 0. The van der Waals surface area contributed by atoms with E-state index in [4.69, 9.17) is 4.74 Å². The van der Waals surface area contributed by atoms with E-state index >= 15 is 0 Å². The van der Waals surface area contributed by atoms with E-state index in [-0.39, 0.29) is 0 Å². The van der Waals surface area contributed by atoms with Gasteiger partial charge in [0.05, 0.1) is 12.7 Å². The normalized spacial score (nSPS) is 11.6. The lowest BCUT2D eigenvalue weighted by atomic mass is 10.1. The van der Waals surface area contributed by atoms with Crippen LogP contribution in [-0.4, -0.2) is 21.9 Å². The van der Waals surface area contributed by atoms with Crippen LogP contribution in [0.15, 0.2) is 53.7 Å². The molecule has 0 aliphatic rings. The average molecular weight is 379 g/mol. The van der Waals surface area contributed by atoms with Crippen LogP contribution in [0.3, 0.4) is 0 Å². The molecule has 0 bridgehead atoms. The van der Waals surface area contributed by atoms with Gasteiger partial charge in [0.15, 0.2) is 11.0 Å². The van der Waals surface area contributed by atoms with Gasteiger partial charge in [-0.25, -0.2) is 0 Å². The number of methoxy groups -OCH3 is 1. The Balaban J connectivity index is 1.74. The van der Waals surface area contributed by atoms with Crippen molar-refractivity contribution in [3.63, 3.8) is 0 Å². The average Bonchev–Trinajstić information content (AvgIpc) is 3.00. The molecule has 136 valence electrons. The lowest BCUT2D eigenvalue weighted by molar-refractivity contribution is -0.137. The highest BCUT2D eigenvalue weighted by Crippen LogP contribution is 2.31. The number of benzene rings is 2. The number of hydrogen-bond acceptors (Lipinski definition) is 4. The first-order valence-electron chi connectivity index (χ1n) is 7.71. The lowest BCUT2D eigenvalue weighted by Crippen LogP contribution is -2.05. The Morgan fingerprint density at radius 3 is 2.46 bits per heavy atom. The van der Waals surface area contributed by atoms with Crippen LogP contribution >= 0.6 is 11.8 Å². The van der Waals surface area contributed by atoms with Crippen LogP contribution in [-0.2, 0) is 19.0 Å². The molecule has 3 rings (SSSR count). The first-order chi connectivity index (χ1) is 12.4. The Hall–Kier alpha value is -2.48. The van der Waals surface area contributed by atoms with E-state index in [1.54, 1.807) is 13.2 Å². The largest absolute Gasteiger partial charge is 0.497 e. The van der Waals surface area contributed by atoms with Crippen LogP contribution in [0.2, 0.25) is 0 Å². The minimum absolute atomic E-state index is 0.374. The fraction of sp³-hybridized carbons (Fsp3) is 0.222. The van der Waals surface area contributed by atoms with Gasteiger partial charge in [-0.2, -0.15) is 13.2 Å². The molecule has 0 atom stereocenters. The summed E-state index contributed by atoms with van der Waals surface area (Å²) in [5.74, 6) is 1.80. The van der Waals surface area contributed by atoms with E-state index in [2.05, 4.69) is 10.2 Å². The maximum atomic E-state index is 12.8. The minimum atomic E-state index is -4.34. The summed E-state index contributed by atoms with van der Waals surface area (Å²) in [7, 11) is 3.42. The molecule has 26 heavy (non-hydrogen) atoms. The lowest BCUT2D eigenvalue weighted by Gasteiger charge is -2.08. The van der Waals surface area contributed by atoms with Crippen LogP contribution in [0.25, 0.3) is 11.4 Å². The Morgan fingerprint density at radius 1 is 1.08 bits per heavy atom. The van der Waals surface area contributed by atoms with Gasteiger partial charge in [0, 0.05) is 18.4 Å². The zero-order valence-electron chi connectivity index (χ0n) is 14.1. The maximum Gasteiger partial charge on any atom is 0.416 e. The number of nitrogens with zero attached hydrogens (tertiary/aromatic N) is 3.